The molecule has 118 valence electrons. The van der Waals surface area contributed by atoms with E-state index >= 15 is 0 Å². The normalized spacial score (nSPS) is 25.2. The van der Waals surface area contributed by atoms with Gasteiger partial charge in [0, 0.05) is 36.7 Å². The molecule has 0 bridgehead atoms. The zero-order valence-corrected chi connectivity index (χ0v) is 14.5. The summed E-state index contributed by atoms with van der Waals surface area (Å²) in [4.78, 5) is 2.64. The van der Waals surface area contributed by atoms with Crippen molar-refractivity contribution in [3.8, 4) is 0 Å². The van der Waals surface area contributed by atoms with Crippen LogP contribution in [-0.2, 0) is 6.54 Å². The number of hydrogen-bond donors (Lipinski definition) is 1. The van der Waals surface area contributed by atoms with Crippen molar-refractivity contribution in [1.29, 1.82) is 0 Å². The molecule has 1 saturated heterocycles. The van der Waals surface area contributed by atoms with Gasteiger partial charge in [-0.15, -0.1) is 0 Å². The minimum atomic E-state index is 0.577. The summed E-state index contributed by atoms with van der Waals surface area (Å²) in [5.74, 6) is 1.37. The van der Waals surface area contributed by atoms with Crippen molar-refractivity contribution in [2.24, 2.45) is 11.8 Å². The smallest absolute Gasteiger partial charge is 0.0451 e. The van der Waals surface area contributed by atoms with Crippen LogP contribution in [0.1, 0.15) is 39.7 Å². The van der Waals surface area contributed by atoms with Crippen molar-refractivity contribution < 1.29 is 0 Å². The highest BCUT2D eigenvalue weighted by molar-refractivity contribution is 6.31. The molecule has 0 aromatic heterocycles. The predicted octanol–water partition coefficient (Wildman–Crippen LogP) is 4.18. The minimum absolute atomic E-state index is 0.577. The van der Waals surface area contributed by atoms with E-state index in [4.69, 9.17) is 11.6 Å². The molecule has 3 atom stereocenters. The SMILES string of the molecule is CCC(C)C1CNC(C(C)C)CN1Cc1ccccc1Cl. The van der Waals surface area contributed by atoms with Crippen molar-refractivity contribution in [2.45, 2.75) is 52.7 Å². The molecule has 0 saturated carbocycles. The van der Waals surface area contributed by atoms with Crippen LogP contribution >= 0.6 is 11.6 Å². The van der Waals surface area contributed by atoms with E-state index in [9.17, 15) is 0 Å². The molecule has 2 rings (SSSR count). The first-order chi connectivity index (χ1) is 10.0. The van der Waals surface area contributed by atoms with Crippen molar-refractivity contribution in [1.82, 2.24) is 10.2 Å². The van der Waals surface area contributed by atoms with Gasteiger partial charge in [0.25, 0.3) is 0 Å². The highest BCUT2D eigenvalue weighted by Gasteiger charge is 2.32. The van der Waals surface area contributed by atoms with Gasteiger partial charge in [-0.1, -0.05) is 63.9 Å². The van der Waals surface area contributed by atoms with Crippen LogP contribution in [0.5, 0.6) is 0 Å². The molecule has 0 aliphatic carbocycles. The van der Waals surface area contributed by atoms with Gasteiger partial charge >= 0.3 is 0 Å². The van der Waals surface area contributed by atoms with E-state index in [1.807, 2.05) is 12.1 Å². The maximum atomic E-state index is 6.36. The number of nitrogens with zero attached hydrogens (tertiary/aromatic N) is 1. The molecule has 0 radical (unpaired) electrons. The Kier molecular flexibility index (Phi) is 6.09. The predicted molar refractivity (Wildman–Crippen MR) is 91.7 cm³/mol. The Morgan fingerprint density at radius 3 is 2.62 bits per heavy atom. The Balaban J connectivity index is 2.15. The molecule has 1 N–H and O–H groups in total. The Hall–Kier alpha value is -0.570. The second-order valence-corrected chi connectivity index (χ2v) is 7.14. The van der Waals surface area contributed by atoms with Crippen LogP contribution in [0, 0.1) is 11.8 Å². The molecule has 1 aliphatic heterocycles. The Labute approximate surface area is 134 Å². The highest BCUT2D eigenvalue weighted by atomic mass is 35.5. The summed E-state index contributed by atoms with van der Waals surface area (Å²) in [7, 11) is 0. The quantitative estimate of drug-likeness (QED) is 0.877. The van der Waals surface area contributed by atoms with E-state index in [0.29, 0.717) is 23.9 Å². The van der Waals surface area contributed by atoms with Crippen LogP contribution in [0.2, 0.25) is 5.02 Å². The van der Waals surface area contributed by atoms with Crippen LogP contribution in [0.4, 0.5) is 0 Å². The lowest BCUT2D eigenvalue weighted by Gasteiger charge is -2.44. The molecule has 1 fully saturated rings. The van der Waals surface area contributed by atoms with E-state index in [1.54, 1.807) is 0 Å². The fourth-order valence-corrected chi connectivity index (χ4v) is 3.36. The molecule has 3 unspecified atom stereocenters. The van der Waals surface area contributed by atoms with E-state index in [0.717, 1.165) is 24.7 Å². The summed E-state index contributed by atoms with van der Waals surface area (Å²) in [6.45, 7) is 12.4. The third-order valence-electron chi connectivity index (χ3n) is 4.93. The molecular formula is C18H29ClN2. The lowest BCUT2D eigenvalue weighted by molar-refractivity contribution is 0.0723. The number of nitrogens with one attached hydrogen (secondary N) is 1. The molecule has 1 aromatic rings. The van der Waals surface area contributed by atoms with E-state index in [2.05, 4.69) is 50.0 Å². The second-order valence-electron chi connectivity index (χ2n) is 6.73. The highest BCUT2D eigenvalue weighted by Crippen LogP contribution is 2.25. The second kappa shape index (κ2) is 7.62. The number of rotatable bonds is 5. The van der Waals surface area contributed by atoms with Crippen LogP contribution in [-0.4, -0.2) is 30.1 Å². The van der Waals surface area contributed by atoms with Crippen molar-refractivity contribution >= 4 is 11.6 Å². The minimum Gasteiger partial charge on any atom is -0.311 e. The van der Waals surface area contributed by atoms with Gasteiger partial charge in [-0.2, -0.15) is 0 Å². The first-order valence-corrected chi connectivity index (χ1v) is 8.61. The van der Waals surface area contributed by atoms with Gasteiger partial charge in [-0.25, -0.2) is 0 Å². The largest absolute Gasteiger partial charge is 0.311 e. The number of hydrogen-bond acceptors (Lipinski definition) is 2. The molecule has 0 spiro atoms. The third-order valence-corrected chi connectivity index (χ3v) is 5.29. The monoisotopic (exact) mass is 308 g/mol. The fourth-order valence-electron chi connectivity index (χ4n) is 3.16. The first-order valence-electron chi connectivity index (χ1n) is 8.23. The molecule has 21 heavy (non-hydrogen) atoms. The Morgan fingerprint density at radius 2 is 2.00 bits per heavy atom. The molecule has 2 nitrogen and oxygen atoms in total. The Bertz CT molecular complexity index is 447. The Morgan fingerprint density at radius 1 is 1.29 bits per heavy atom. The molecule has 1 aliphatic rings. The van der Waals surface area contributed by atoms with Crippen molar-refractivity contribution in [3.05, 3.63) is 34.9 Å². The lowest BCUT2D eigenvalue weighted by Crippen LogP contribution is -2.59. The third kappa shape index (κ3) is 4.21. The van der Waals surface area contributed by atoms with Gasteiger partial charge < -0.3 is 5.32 Å². The van der Waals surface area contributed by atoms with Crippen LogP contribution < -0.4 is 5.32 Å². The van der Waals surface area contributed by atoms with Crippen LogP contribution in [0.15, 0.2) is 24.3 Å². The summed E-state index contributed by atoms with van der Waals surface area (Å²) in [6, 6.07) is 9.42. The van der Waals surface area contributed by atoms with Crippen molar-refractivity contribution in [2.75, 3.05) is 13.1 Å². The number of piperazine rings is 1. The van der Waals surface area contributed by atoms with Crippen LogP contribution in [0.3, 0.4) is 0 Å². The lowest BCUT2D eigenvalue weighted by atomic mass is 9.91. The summed E-state index contributed by atoms with van der Waals surface area (Å²) in [5, 5.41) is 4.63. The summed E-state index contributed by atoms with van der Waals surface area (Å²) in [6.07, 6.45) is 1.22. The molecule has 1 heterocycles. The molecule has 0 amide bonds. The maximum Gasteiger partial charge on any atom is 0.0451 e. The van der Waals surface area contributed by atoms with Gasteiger partial charge in [0.05, 0.1) is 0 Å². The fraction of sp³-hybridized carbons (Fsp3) is 0.667. The number of benzene rings is 1. The molecule has 1 aromatic carbocycles. The average molecular weight is 309 g/mol. The van der Waals surface area contributed by atoms with Gasteiger partial charge in [0.2, 0.25) is 0 Å². The van der Waals surface area contributed by atoms with Gasteiger partial charge in [0.15, 0.2) is 0 Å². The van der Waals surface area contributed by atoms with Crippen molar-refractivity contribution in [3.63, 3.8) is 0 Å². The van der Waals surface area contributed by atoms with E-state index < -0.39 is 0 Å². The maximum absolute atomic E-state index is 6.36. The topological polar surface area (TPSA) is 15.3 Å². The average Bonchev–Trinajstić information content (AvgIpc) is 2.48. The van der Waals surface area contributed by atoms with Gasteiger partial charge in [-0.3, -0.25) is 4.90 Å². The van der Waals surface area contributed by atoms with Crippen LogP contribution in [0.25, 0.3) is 0 Å². The van der Waals surface area contributed by atoms with Gasteiger partial charge in [-0.05, 0) is 23.5 Å². The summed E-state index contributed by atoms with van der Waals surface area (Å²) >= 11 is 6.36. The molecule has 3 heteroatoms. The van der Waals surface area contributed by atoms with Gasteiger partial charge in [0.1, 0.15) is 0 Å². The first kappa shape index (κ1) is 16.8. The standard InChI is InChI=1S/C18H29ClN2/c1-5-14(4)18-10-20-17(13(2)3)12-21(18)11-15-8-6-7-9-16(15)19/h6-9,13-14,17-18,20H,5,10-12H2,1-4H3. The molecular weight excluding hydrogens is 280 g/mol. The number of halogens is 1. The zero-order valence-electron chi connectivity index (χ0n) is 13.8. The summed E-state index contributed by atoms with van der Waals surface area (Å²) in [5.41, 5.74) is 1.25. The summed E-state index contributed by atoms with van der Waals surface area (Å²) < 4.78 is 0. The zero-order chi connectivity index (χ0) is 15.4. The van der Waals surface area contributed by atoms with E-state index in [-0.39, 0.29) is 0 Å². The van der Waals surface area contributed by atoms with E-state index in [1.165, 1.54) is 12.0 Å².